The molecule has 0 amide bonds. The average molecular weight is 645 g/mol. The lowest BCUT2D eigenvalue weighted by Crippen LogP contribution is -2.50. The Labute approximate surface area is 274 Å². The average Bonchev–Trinajstić information content (AvgIpc) is 2.98. The fourth-order valence-electron chi connectivity index (χ4n) is 6.07. The van der Waals surface area contributed by atoms with Gasteiger partial charge in [0.1, 0.15) is 28.1 Å². The number of hydrogen-bond donors (Lipinski definition) is 4. The number of Topliss-reactive ketones (excluding diaryl/α,β-unsaturated/α-hetero) is 2. The minimum absolute atomic E-state index is 0.0000279. The quantitative estimate of drug-likeness (QED) is 0.0702. The Hall–Kier alpha value is -4.79. The molecule has 4 rings (SSSR count). The molecule has 1 aromatic carbocycles. The number of phenols is 2. The number of carbonyl (C=O) groups excluding carboxylic acids is 2. The van der Waals surface area contributed by atoms with Gasteiger partial charge < -0.3 is 29.6 Å². The maximum atomic E-state index is 15.0. The molecule has 250 valence electrons. The number of phenolic OH excluding ortho intramolecular Hbond substituents is 2. The molecule has 1 aromatic heterocycles. The highest BCUT2D eigenvalue weighted by Crippen LogP contribution is 2.54. The Morgan fingerprint density at radius 1 is 0.894 bits per heavy atom. The molecular weight excluding hydrogens is 600 g/mol. The molecule has 1 aliphatic carbocycles. The second-order valence-electron chi connectivity index (χ2n) is 13.6. The number of carbonyl (C=O) groups is 2. The first kappa shape index (κ1) is 35.1. The van der Waals surface area contributed by atoms with Crippen LogP contribution in [0.5, 0.6) is 17.2 Å². The van der Waals surface area contributed by atoms with Crippen LogP contribution >= 0.6 is 0 Å². The monoisotopic (exact) mass is 644 g/mol. The fraction of sp³-hybridized carbons (Fsp3) is 0.395. The SMILES string of the molecule is CC(C)=CCC/C(C)=C/C[C@]1(CC=C(C)C)C(=O)C2=C(OC(C)(C)C[C@H]2c2occc(=O)c2O)/C(=C(/O)c2ccc(O)c(O)c2)C1=O. The summed E-state index contributed by atoms with van der Waals surface area (Å²) < 4.78 is 12.0. The summed E-state index contributed by atoms with van der Waals surface area (Å²) in [4.78, 5) is 42.5. The number of ether oxygens (including phenoxy) is 1. The van der Waals surface area contributed by atoms with Gasteiger partial charge in [-0.2, -0.15) is 0 Å². The van der Waals surface area contributed by atoms with Gasteiger partial charge in [-0.1, -0.05) is 34.9 Å². The smallest absolute Gasteiger partial charge is 0.226 e. The largest absolute Gasteiger partial charge is 0.506 e. The molecule has 0 radical (unpaired) electrons. The van der Waals surface area contributed by atoms with Crippen molar-refractivity contribution >= 4 is 17.3 Å². The van der Waals surface area contributed by atoms with E-state index in [0.717, 1.165) is 36.0 Å². The fourth-order valence-corrected chi connectivity index (χ4v) is 6.07. The van der Waals surface area contributed by atoms with Gasteiger partial charge in [-0.15, -0.1) is 0 Å². The summed E-state index contributed by atoms with van der Waals surface area (Å²) in [7, 11) is 0. The second kappa shape index (κ2) is 13.5. The van der Waals surface area contributed by atoms with E-state index < -0.39 is 56.9 Å². The van der Waals surface area contributed by atoms with Crippen LogP contribution in [-0.2, 0) is 14.3 Å². The van der Waals surface area contributed by atoms with Crippen molar-refractivity contribution in [2.45, 2.75) is 92.1 Å². The van der Waals surface area contributed by atoms with Gasteiger partial charge in [0.05, 0.1) is 17.8 Å². The normalized spacial score (nSPS) is 21.9. The summed E-state index contributed by atoms with van der Waals surface area (Å²) in [6.45, 7) is 13.1. The van der Waals surface area contributed by atoms with E-state index in [1.165, 1.54) is 17.7 Å². The highest BCUT2D eigenvalue weighted by Gasteiger charge is 2.57. The van der Waals surface area contributed by atoms with Crippen LogP contribution in [0.2, 0.25) is 0 Å². The molecule has 2 heterocycles. The minimum Gasteiger partial charge on any atom is -0.506 e. The van der Waals surface area contributed by atoms with Crippen molar-refractivity contribution in [2.75, 3.05) is 0 Å². The number of aliphatic hydroxyl groups excluding tert-OH is 1. The molecule has 0 saturated heterocycles. The first-order chi connectivity index (χ1) is 22.0. The lowest BCUT2D eigenvalue weighted by Gasteiger charge is -2.45. The summed E-state index contributed by atoms with van der Waals surface area (Å²) in [6, 6.07) is 4.69. The molecule has 9 nitrogen and oxygen atoms in total. The van der Waals surface area contributed by atoms with Gasteiger partial charge in [0.25, 0.3) is 0 Å². The van der Waals surface area contributed by atoms with Gasteiger partial charge in [-0.25, -0.2) is 0 Å². The molecule has 0 unspecified atom stereocenters. The van der Waals surface area contributed by atoms with E-state index in [4.69, 9.17) is 9.15 Å². The third kappa shape index (κ3) is 7.14. The molecule has 2 aliphatic rings. The first-order valence-electron chi connectivity index (χ1n) is 15.7. The maximum absolute atomic E-state index is 15.0. The van der Waals surface area contributed by atoms with Crippen LogP contribution in [0.25, 0.3) is 5.76 Å². The van der Waals surface area contributed by atoms with E-state index in [2.05, 4.69) is 6.08 Å². The molecule has 47 heavy (non-hydrogen) atoms. The molecule has 0 spiro atoms. The topological polar surface area (TPSA) is 154 Å². The van der Waals surface area contributed by atoms with Gasteiger partial charge in [-0.05, 0) is 92.3 Å². The van der Waals surface area contributed by atoms with Gasteiger partial charge in [0.2, 0.25) is 11.2 Å². The molecule has 0 fully saturated rings. The molecule has 0 bridgehead atoms. The molecule has 2 aromatic rings. The predicted octanol–water partition coefficient (Wildman–Crippen LogP) is 7.84. The van der Waals surface area contributed by atoms with Crippen LogP contribution in [0.3, 0.4) is 0 Å². The Kier molecular flexibility index (Phi) is 10.1. The number of benzene rings is 1. The zero-order valence-electron chi connectivity index (χ0n) is 28.1. The standard InChI is InChI=1S/C38H44O9/c1-21(2)9-8-10-23(5)14-17-38(16-13-22(3)4)35(44)29-25(33-32(43)27(40)15-18-46-33)20-37(6,7)47-34(29)30(36(38)45)31(42)24-11-12-26(39)28(41)19-24/h9,11-15,18-19,25,39,41-43H,8,10,16-17,20H2,1-7H3/b23-14+,31-30-/t25-,38-/m1/s1. The zero-order chi connectivity index (χ0) is 34.8. The Balaban J connectivity index is 2.08. The van der Waals surface area contributed by atoms with Gasteiger partial charge in [0, 0.05) is 18.1 Å². The first-order valence-corrected chi connectivity index (χ1v) is 15.7. The number of ketones is 2. The summed E-state index contributed by atoms with van der Waals surface area (Å²) in [5.74, 6) is -4.73. The number of allylic oxidation sites excluding steroid dienone is 8. The van der Waals surface area contributed by atoms with E-state index in [-0.39, 0.29) is 47.5 Å². The number of aromatic hydroxyl groups is 3. The van der Waals surface area contributed by atoms with Crippen LogP contribution in [0, 0.1) is 5.41 Å². The summed E-state index contributed by atoms with van der Waals surface area (Å²) >= 11 is 0. The highest BCUT2D eigenvalue weighted by atomic mass is 16.5. The molecule has 0 saturated carbocycles. The highest BCUT2D eigenvalue weighted by molar-refractivity contribution is 6.27. The lowest BCUT2D eigenvalue weighted by molar-refractivity contribution is -0.139. The second-order valence-corrected chi connectivity index (χ2v) is 13.6. The number of hydrogen-bond acceptors (Lipinski definition) is 9. The molecular formula is C38H44O9. The Bertz CT molecular complexity index is 1800. The molecule has 2 atom stereocenters. The summed E-state index contributed by atoms with van der Waals surface area (Å²) in [6.07, 6.45) is 8.55. The van der Waals surface area contributed by atoms with Crippen LogP contribution in [0.1, 0.15) is 97.8 Å². The molecule has 9 heteroatoms. The zero-order valence-corrected chi connectivity index (χ0v) is 28.1. The third-order valence-corrected chi connectivity index (χ3v) is 8.67. The van der Waals surface area contributed by atoms with E-state index >= 15 is 4.79 Å². The van der Waals surface area contributed by atoms with Crippen molar-refractivity contribution in [3.05, 3.63) is 104 Å². The van der Waals surface area contributed by atoms with Crippen molar-refractivity contribution in [3.8, 4) is 17.2 Å². The van der Waals surface area contributed by atoms with Gasteiger partial charge >= 0.3 is 0 Å². The Morgan fingerprint density at radius 3 is 2.19 bits per heavy atom. The van der Waals surface area contributed by atoms with E-state index in [1.54, 1.807) is 19.9 Å². The third-order valence-electron chi connectivity index (χ3n) is 8.67. The minimum atomic E-state index is -1.73. The van der Waals surface area contributed by atoms with Crippen molar-refractivity contribution in [2.24, 2.45) is 5.41 Å². The lowest BCUT2D eigenvalue weighted by atomic mass is 9.61. The van der Waals surface area contributed by atoms with Crippen LogP contribution in [-0.4, -0.2) is 37.6 Å². The summed E-state index contributed by atoms with van der Waals surface area (Å²) in [5.41, 5.74) is -0.721. The van der Waals surface area contributed by atoms with E-state index in [0.29, 0.717) is 6.42 Å². The van der Waals surface area contributed by atoms with Crippen LogP contribution in [0.15, 0.2) is 91.6 Å². The van der Waals surface area contributed by atoms with Crippen molar-refractivity contribution in [1.82, 2.24) is 0 Å². The van der Waals surface area contributed by atoms with Crippen molar-refractivity contribution in [3.63, 3.8) is 0 Å². The predicted molar refractivity (Wildman–Crippen MR) is 179 cm³/mol. The maximum Gasteiger partial charge on any atom is 0.226 e. The van der Waals surface area contributed by atoms with E-state index in [9.17, 15) is 30.0 Å². The Morgan fingerprint density at radius 2 is 1.55 bits per heavy atom. The number of rotatable bonds is 9. The van der Waals surface area contributed by atoms with Gasteiger partial charge in [0.15, 0.2) is 28.8 Å². The van der Waals surface area contributed by atoms with Crippen molar-refractivity contribution < 1.29 is 39.2 Å². The van der Waals surface area contributed by atoms with Crippen molar-refractivity contribution in [1.29, 1.82) is 0 Å². The number of aliphatic hydroxyl groups is 1. The molecule has 1 aliphatic heterocycles. The van der Waals surface area contributed by atoms with Crippen LogP contribution in [0.4, 0.5) is 0 Å². The summed E-state index contributed by atoms with van der Waals surface area (Å²) in [5, 5.41) is 42.9. The van der Waals surface area contributed by atoms with Gasteiger partial charge in [-0.3, -0.25) is 14.4 Å². The van der Waals surface area contributed by atoms with Crippen LogP contribution < -0.4 is 5.43 Å². The molecule has 4 N–H and O–H groups in total. The van der Waals surface area contributed by atoms with E-state index in [1.807, 2.05) is 40.7 Å².